The molecule has 0 aliphatic rings. The van der Waals surface area contributed by atoms with Gasteiger partial charge < -0.3 is 15.0 Å². The Balaban J connectivity index is 1.86. The van der Waals surface area contributed by atoms with E-state index >= 15 is 0 Å². The van der Waals surface area contributed by atoms with Crippen molar-refractivity contribution in [3.8, 4) is 5.88 Å². The number of methoxy groups -OCH3 is 1. The van der Waals surface area contributed by atoms with Crippen LogP contribution in [0.2, 0.25) is 0 Å². The van der Waals surface area contributed by atoms with Crippen LogP contribution in [0.25, 0.3) is 0 Å². The summed E-state index contributed by atoms with van der Waals surface area (Å²) in [6, 6.07) is 11.9. The Morgan fingerprint density at radius 3 is 2.52 bits per heavy atom. The highest BCUT2D eigenvalue weighted by atomic mass is 16.5. The van der Waals surface area contributed by atoms with E-state index in [-0.39, 0.29) is 6.03 Å². The number of urea groups is 1. The highest BCUT2D eigenvalue weighted by molar-refractivity contribution is 5.73. The molecule has 0 spiro atoms. The van der Waals surface area contributed by atoms with Crippen molar-refractivity contribution in [1.82, 2.24) is 15.2 Å². The number of aryl methyl sites for hydroxylation is 1. The van der Waals surface area contributed by atoms with Gasteiger partial charge in [-0.2, -0.15) is 0 Å². The van der Waals surface area contributed by atoms with Gasteiger partial charge in [0.1, 0.15) is 0 Å². The van der Waals surface area contributed by atoms with Gasteiger partial charge in [-0.1, -0.05) is 31.2 Å². The summed E-state index contributed by atoms with van der Waals surface area (Å²) in [4.78, 5) is 17.9. The largest absolute Gasteiger partial charge is 0.481 e. The van der Waals surface area contributed by atoms with Crippen LogP contribution in [0.3, 0.4) is 0 Å². The number of carbonyl (C=O) groups is 1. The molecule has 5 heteroatoms. The molecule has 1 N–H and O–H groups in total. The SMILES string of the molecule is CCc1ccc(CN(C)C(=O)NCc2ccnc(OC)c2)cc1. The van der Waals surface area contributed by atoms with Crippen molar-refractivity contribution in [3.05, 3.63) is 59.3 Å². The predicted molar refractivity (Wildman–Crippen MR) is 90.3 cm³/mol. The van der Waals surface area contributed by atoms with E-state index in [4.69, 9.17) is 4.74 Å². The molecule has 2 amide bonds. The Bertz CT molecular complexity index is 641. The van der Waals surface area contributed by atoms with Gasteiger partial charge in [-0.25, -0.2) is 9.78 Å². The normalized spacial score (nSPS) is 10.2. The molecule has 0 atom stereocenters. The Morgan fingerprint density at radius 1 is 1.17 bits per heavy atom. The highest BCUT2D eigenvalue weighted by Gasteiger charge is 2.09. The summed E-state index contributed by atoms with van der Waals surface area (Å²) in [6.45, 7) is 3.15. The van der Waals surface area contributed by atoms with E-state index in [1.54, 1.807) is 25.3 Å². The van der Waals surface area contributed by atoms with Crippen molar-refractivity contribution in [1.29, 1.82) is 0 Å². The van der Waals surface area contributed by atoms with E-state index in [2.05, 4.69) is 41.5 Å². The standard InChI is InChI=1S/C18H23N3O2/c1-4-14-5-7-15(8-6-14)13-21(2)18(22)20-12-16-9-10-19-17(11-16)23-3/h5-11H,4,12-13H2,1-3H3,(H,20,22). The van der Waals surface area contributed by atoms with Crippen LogP contribution < -0.4 is 10.1 Å². The minimum Gasteiger partial charge on any atom is -0.481 e. The molecule has 2 aromatic rings. The lowest BCUT2D eigenvalue weighted by Crippen LogP contribution is -2.36. The summed E-state index contributed by atoms with van der Waals surface area (Å²) < 4.78 is 5.07. The van der Waals surface area contributed by atoms with Gasteiger partial charge in [0.2, 0.25) is 5.88 Å². The molecule has 122 valence electrons. The van der Waals surface area contributed by atoms with Gasteiger partial charge >= 0.3 is 6.03 Å². The smallest absolute Gasteiger partial charge is 0.317 e. The van der Waals surface area contributed by atoms with E-state index in [9.17, 15) is 4.79 Å². The second-order valence-corrected chi connectivity index (χ2v) is 5.39. The third kappa shape index (κ3) is 4.98. The van der Waals surface area contributed by atoms with Crippen LogP contribution in [0.15, 0.2) is 42.6 Å². The second-order valence-electron chi connectivity index (χ2n) is 5.39. The van der Waals surface area contributed by atoms with Crippen molar-refractivity contribution < 1.29 is 9.53 Å². The number of benzene rings is 1. The van der Waals surface area contributed by atoms with Gasteiger partial charge in [0, 0.05) is 32.4 Å². The van der Waals surface area contributed by atoms with Gasteiger partial charge in [-0.15, -0.1) is 0 Å². The van der Waals surface area contributed by atoms with Crippen molar-refractivity contribution in [2.45, 2.75) is 26.4 Å². The first-order chi connectivity index (χ1) is 11.1. The fourth-order valence-electron chi connectivity index (χ4n) is 2.21. The molecular formula is C18H23N3O2. The molecule has 0 bridgehead atoms. The average Bonchev–Trinajstić information content (AvgIpc) is 2.60. The number of aromatic nitrogens is 1. The molecule has 0 fully saturated rings. The zero-order chi connectivity index (χ0) is 16.7. The summed E-state index contributed by atoms with van der Waals surface area (Å²) in [6.07, 6.45) is 2.69. The summed E-state index contributed by atoms with van der Waals surface area (Å²) in [5, 5.41) is 2.90. The lowest BCUT2D eigenvalue weighted by Gasteiger charge is -2.18. The molecule has 1 aromatic heterocycles. The predicted octanol–water partition coefficient (Wildman–Crippen LogP) is 2.99. The van der Waals surface area contributed by atoms with Gasteiger partial charge in [0.15, 0.2) is 0 Å². The fourth-order valence-corrected chi connectivity index (χ4v) is 2.21. The summed E-state index contributed by atoms with van der Waals surface area (Å²) >= 11 is 0. The number of hydrogen-bond acceptors (Lipinski definition) is 3. The number of rotatable bonds is 6. The zero-order valence-corrected chi connectivity index (χ0v) is 13.9. The molecule has 1 aromatic carbocycles. The third-order valence-corrected chi connectivity index (χ3v) is 3.65. The highest BCUT2D eigenvalue weighted by Crippen LogP contribution is 2.09. The number of amides is 2. The van der Waals surface area contributed by atoms with Crippen LogP contribution in [0.1, 0.15) is 23.6 Å². The van der Waals surface area contributed by atoms with E-state index in [0.717, 1.165) is 17.5 Å². The lowest BCUT2D eigenvalue weighted by atomic mass is 10.1. The first-order valence-corrected chi connectivity index (χ1v) is 7.68. The first kappa shape index (κ1) is 16.8. The Morgan fingerprint density at radius 2 is 1.87 bits per heavy atom. The zero-order valence-electron chi connectivity index (χ0n) is 13.9. The minimum absolute atomic E-state index is 0.111. The molecule has 2 rings (SSSR count). The molecule has 0 radical (unpaired) electrons. The second kappa shape index (κ2) is 8.17. The summed E-state index contributed by atoms with van der Waals surface area (Å²) in [5.74, 6) is 0.543. The molecule has 0 aliphatic heterocycles. The third-order valence-electron chi connectivity index (χ3n) is 3.65. The van der Waals surface area contributed by atoms with Gasteiger partial charge in [0.25, 0.3) is 0 Å². The van der Waals surface area contributed by atoms with Crippen LogP contribution in [0, 0.1) is 0 Å². The van der Waals surface area contributed by atoms with Crippen LogP contribution in [0.5, 0.6) is 5.88 Å². The van der Waals surface area contributed by atoms with Crippen molar-refractivity contribution in [3.63, 3.8) is 0 Å². The van der Waals surface area contributed by atoms with Crippen molar-refractivity contribution in [2.24, 2.45) is 0 Å². The maximum absolute atomic E-state index is 12.2. The van der Waals surface area contributed by atoms with Crippen molar-refractivity contribution >= 4 is 6.03 Å². The maximum Gasteiger partial charge on any atom is 0.317 e. The van der Waals surface area contributed by atoms with E-state index < -0.39 is 0 Å². The summed E-state index contributed by atoms with van der Waals surface area (Å²) in [7, 11) is 3.36. The first-order valence-electron chi connectivity index (χ1n) is 7.68. The number of nitrogens with one attached hydrogen (secondary N) is 1. The number of ether oxygens (including phenoxy) is 1. The quantitative estimate of drug-likeness (QED) is 0.892. The molecule has 5 nitrogen and oxygen atoms in total. The Hall–Kier alpha value is -2.56. The van der Waals surface area contributed by atoms with Crippen LogP contribution in [-0.4, -0.2) is 30.1 Å². The molecule has 1 heterocycles. The molecule has 0 saturated carbocycles. The lowest BCUT2D eigenvalue weighted by molar-refractivity contribution is 0.206. The van der Waals surface area contributed by atoms with E-state index in [1.165, 1.54) is 5.56 Å². The van der Waals surface area contributed by atoms with Crippen LogP contribution in [-0.2, 0) is 19.5 Å². The minimum atomic E-state index is -0.111. The number of pyridine rings is 1. The van der Waals surface area contributed by atoms with Gasteiger partial charge in [-0.3, -0.25) is 0 Å². The summed E-state index contributed by atoms with van der Waals surface area (Å²) in [5.41, 5.74) is 3.36. The Labute approximate surface area is 137 Å². The maximum atomic E-state index is 12.2. The Kier molecular flexibility index (Phi) is 5.97. The number of carbonyl (C=O) groups excluding carboxylic acids is 1. The average molecular weight is 313 g/mol. The van der Waals surface area contributed by atoms with Crippen LogP contribution in [0.4, 0.5) is 4.79 Å². The van der Waals surface area contributed by atoms with E-state index in [1.807, 2.05) is 12.1 Å². The monoisotopic (exact) mass is 313 g/mol. The van der Waals surface area contributed by atoms with E-state index in [0.29, 0.717) is 19.0 Å². The van der Waals surface area contributed by atoms with Crippen molar-refractivity contribution in [2.75, 3.05) is 14.2 Å². The molecule has 0 unspecified atom stereocenters. The van der Waals surface area contributed by atoms with Crippen LogP contribution >= 0.6 is 0 Å². The van der Waals surface area contributed by atoms with Gasteiger partial charge in [-0.05, 0) is 29.2 Å². The van der Waals surface area contributed by atoms with Gasteiger partial charge in [0.05, 0.1) is 7.11 Å². The molecule has 23 heavy (non-hydrogen) atoms. The molecule has 0 saturated heterocycles. The fraction of sp³-hybridized carbons (Fsp3) is 0.333. The number of hydrogen-bond donors (Lipinski definition) is 1. The number of nitrogens with zero attached hydrogens (tertiary/aromatic N) is 2. The topological polar surface area (TPSA) is 54.5 Å². The molecule has 0 aliphatic carbocycles. The molecular weight excluding hydrogens is 290 g/mol.